The van der Waals surface area contributed by atoms with Gasteiger partial charge < -0.3 is 18.9 Å². The van der Waals surface area contributed by atoms with E-state index in [4.69, 9.17) is 4.42 Å². The van der Waals surface area contributed by atoms with Crippen LogP contribution in [0.4, 0.5) is 5.69 Å². The lowest BCUT2D eigenvalue weighted by molar-refractivity contribution is 0.311. The van der Waals surface area contributed by atoms with Gasteiger partial charge in [0.25, 0.3) is 0 Å². The summed E-state index contributed by atoms with van der Waals surface area (Å²) in [5, 5.41) is 2.32. The van der Waals surface area contributed by atoms with Crippen LogP contribution in [0.5, 0.6) is 0 Å². The Morgan fingerprint density at radius 3 is 2.48 bits per heavy atom. The van der Waals surface area contributed by atoms with Gasteiger partial charge >= 0.3 is 6.98 Å². The van der Waals surface area contributed by atoms with Gasteiger partial charge in [0.2, 0.25) is 0 Å². The van der Waals surface area contributed by atoms with Gasteiger partial charge in [-0.15, -0.1) is 0 Å². The second-order valence-corrected chi connectivity index (χ2v) is 7.66. The Hall–Kier alpha value is -3.08. The van der Waals surface area contributed by atoms with E-state index >= 15 is 0 Å². The summed E-state index contributed by atoms with van der Waals surface area (Å²) in [5.74, 6) is 2.22. The molecule has 0 bridgehead atoms. The summed E-state index contributed by atoms with van der Waals surface area (Å²) in [6.45, 7) is 4.57. The van der Waals surface area contributed by atoms with Crippen molar-refractivity contribution in [3.63, 3.8) is 0 Å². The van der Waals surface area contributed by atoms with Crippen LogP contribution in [0.1, 0.15) is 13.8 Å². The minimum atomic E-state index is -0.200. The molecular weight excluding hydrogens is 333 g/mol. The van der Waals surface area contributed by atoms with Crippen LogP contribution in [0.3, 0.4) is 0 Å². The Balaban J connectivity index is 1.56. The third-order valence-electron chi connectivity index (χ3n) is 5.63. The molecule has 0 amide bonds. The number of benzene rings is 2. The van der Waals surface area contributed by atoms with Crippen molar-refractivity contribution in [1.29, 1.82) is 0 Å². The van der Waals surface area contributed by atoms with Crippen molar-refractivity contribution < 1.29 is 4.42 Å². The molecule has 0 radical (unpaired) electrons. The van der Waals surface area contributed by atoms with Crippen molar-refractivity contribution in [2.24, 2.45) is 0 Å². The van der Waals surface area contributed by atoms with Crippen LogP contribution in [-0.4, -0.2) is 29.3 Å². The van der Waals surface area contributed by atoms with Crippen LogP contribution in [0.2, 0.25) is 0 Å². The first kappa shape index (κ1) is 16.1. The third-order valence-corrected chi connectivity index (χ3v) is 5.63. The summed E-state index contributed by atoms with van der Waals surface area (Å²) >= 11 is 0. The summed E-state index contributed by atoms with van der Waals surface area (Å²) in [6, 6.07) is 18.7. The molecule has 0 atom stereocenters. The van der Waals surface area contributed by atoms with Crippen LogP contribution in [0.15, 0.2) is 71.4 Å². The smallest absolute Gasteiger partial charge is 0.408 e. The molecule has 2 aliphatic heterocycles. The van der Waals surface area contributed by atoms with Crippen LogP contribution >= 0.6 is 0 Å². The van der Waals surface area contributed by atoms with Gasteiger partial charge in [0.1, 0.15) is 16.7 Å². The van der Waals surface area contributed by atoms with E-state index in [1.54, 1.807) is 0 Å². The van der Waals surface area contributed by atoms with Gasteiger partial charge in [0, 0.05) is 34.9 Å². The maximum Gasteiger partial charge on any atom is 0.408 e. The Bertz CT molecular complexity index is 1150. The van der Waals surface area contributed by atoms with Crippen molar-refractivity contribution in [3.8, 4) is 0 Å². The van der Waals surface area contributed by atoms with E-state index in [1.807, 2.05) is 12.1 Å². The van der Waals surface area contributed by atoms with Gasteiger partial charge in [-0.3, -0.25) is 0 Å². The van der Waals surface area contributed by atoms with Crippen molar-refractivity contribution in [3.05, 3.63) is 77.6 Å². The predicted molar refractivity (Wildman–Crippen MR) is 112 cm³/mol. The number of hydrogen-bond donors (Lipinski definition) is 0. The van der Waals surface area contributed by atoms with Crippen molar-refractivity contribution in [1.82, 2.24) is 9.62 Å². The molecule has 5 heteroatoms. The second kappa shape index (κ2) is 5.71. The molecule has 1 aromatic heterocycles. The standard InChI is InChI=1S/C22H22BN3O/c1-22(2)25(17-9-5-4-6-10-17)13-14-26(22)23-15-21-19(16-24(23)3)18-11-7-8-12-20(18)27-21/h4-16H,1-3H3. The Labute approximate surface area is 159 Å². The van der Waals surface area contributed by atoms with E-state index in [1.165, 1.54) is 5.69 Å². The zero-order valence-electron chi connectivity index (χ0n) is 15.8. The van der Waals surface area contributed by atoms with Gasteiger partial charge in [-0.2, -0.15) is 0 Å². The van der Waals surface area contributed by atoms with Gasteiger partial charge in [0.05, 0.1) is 0 Å². The first-order chi connectivity index (χ1) is 13.1. The molecule has 0 unspecified atom stereocenters. The highest BCUT2D eigenvalue weighted by Gasteiger charge is 2.42. The lowest BCUT2D eigenvalue weighted by Gasteiger charge is -2.44. The summed E-state index contributed by atoms with van der Waals surface area (Å²) < 4.78 is 6.13. The number of nitrogens with zero attached hydrogens (tertiary/aromatic N) is 3. The monoisotopic (exact) mass is 355 g/mol. The van der Waals surface area contributed by atoms with Gasteiger partial charge in [-0.05, 0) is 45.1 Å². The van der Waals surface area contributed by atoms with Gasteiger partial charge in [-0.1, -0.05) is 36.4 Å². The molecule has 0 saturated heterocycles. The number of para-hydroxylation sites is 2. The first-order valence-corrected chi connectivity index (χ1v) is 9.30. The van der Waals surface area contributed by atoms with Crippen molar-refractivity contribution in [2.75, 3.05) is 11.9 Å². The van der Waals surface area contributed by atoms with Gasteiger partial charge in [0.15, 0.2) is 0 Å². The maximum absolute atomic E-state index is 6.13. The molecule has 4 nitrogen and oxygen atoms in total. The molecule has 0 spiro atoms. The van der Waals surface area contributed by atoms with E-state index in [0.29, 0.717) is 0 Å². The highest BCUT2D eigenvalue weighted by Crippen LogP contribution is 2.34. The predicted octanol–water partition coefficient (Wildman–Crippen LogP) is 2.95. The molecule has 27 heavy (non-hydrogen) atoms. The SMILES string of the molecule is CN1C=c2c(oc3ccccc23)=CB1N1C=CN(c2ccccc2)C1(C)C. The summed E-state index contributed by atoms with van der Waals surface area (Å²) in [6.07, 6.45) is 6.53. The fraction of sp³-hybridized carbons (Fsp3) is 0.182. The van der Waals surface area contributed by atoms with Crippen molar-refractivity contribution in [2.45, 2.75) is 19.5 Å². The molecule has 0 fully saturated rings. The molecule has 5 rings (SSSR count). The fourth-order valence-electron chi connectivity index (χ4n) is 4.18. The second-order valence-electron chi connectivity index (χ2n) is 7.66. The Morgan fingerprint density at radius 2 is 1.67 bits per heavy atom. The minimum absolute atomic E-state index is 0.0815. The highest BCUT2D eigenvalue weighted by atomic mass is 16.3. The fourth-order valence-corrected chi connectivity index (χ4v) is 4.18. The quantitative estimate of drug-likeness (QED) is 0.660. The van der Waals surface area contributed by atoms with E-state index in [-0.39, 0.29) is 12.6 Å². The zero-order valence-corrected chi connectivity index (χ0v) is 15.8. The third kappa shape index (κ3) is 2.38. The minimum Gasteiger partial charge on any atom is -0.457 e. The largest absolute Gasteiger partial charge is 0.457 e. The number of furan rings is 1. The molecule has 2 aromatic carbocycles. The summed E-state index contributed by atoms with van der Waals surface area (Å²) in [5.41, 5.74) is 2.87. The first-order valence-electron chi connectivity index (χ1n) is 9.30. The number of anilines is 1. The molecule has 0 saturated carbocycles. The molecular formula is C22H22BN3O. The van der Waals surface area contributed by atoms with E-state index in [9.17, 15) is 0 Å². The topological polar surface area (TPSA) is 22.9 Å². The molecule has 0 N–H and O–H groups in total. The van der Waals surface area contributed by atoms with Crippen LogP contribution in [0, 0.1) is 0 Å². The number of rotatable bonds is 2. The van der Waals surface area contributed by atoms with Crippen LogP contribution in [-0.2, 0) is 0 Å². The molecule has 134 valence electrons. The Kier molecular flexibility index (Phi) is 3.41. The molecule has 0 aliphatic carbocycles. The average Bonchev–Trinajstić information content (AvgIpc) is 3.18. The van der Waals surface area contributed by atoms with Crippen molar-refractivity contribution >= 4 is 35.8 Å². The van der Waals surface area contributed by atoms with E-state index < -0.39 is 0 Å². The molecule has 3 aromatic rings. The normalized spacial score (nSPS) is 17.9. The zero-order chi connectivity index (χ0) is 18.6. The number of fused-ring (bicyclic) bond motifs is 3. The lowest BCUT2D eigenvalue weighted by atomic mass is 9.69. The van der Waals surface area contributed by atoms with Crippen LogP contribution < -0.4 is 15.5 Å². The highest BCUT2D eigenvalue weighted by molar-refractivity contribution is 6.69. The Morgan fingerprint density at radius 1 is 0.926 bits per heavy atom. The average molecular weight is 355 g/mol. The maximum atomic E-state index is 6.13. The van der Waals surface area contributed by atoms with Crippen LogP contribution in [0.25, 0.3) is 23.1 Å². The molecule has 2 aliphatic rings. The van der Waals surface area contributed by atoms with E-state index in [0.717, 1.165) is 21.6 Å². The van der Waals surface area contributed by atoms with Gasteiger partial charge in [-0.25, -0.2) is 0 Å². The number of hydrogen-bond acceptors (Lipinski definition) is 4. The summed E-state index contributed by atoms with van der Waals surface area (Å²) in [4.78, 5) is 6.93. The molecule has 3 heterocycles. The lowest BCUT2D eigenvalue weighted by Crippen LogP contribution is -2.60. The summed E-state index contributed by atoms with van der Waals surface area (Å²) in [7, 11) is 2.13. The van der Waals surface area contributed by atoms with E-state index in [2.05, 4.69) is 102 Å².